The smallest absolute Gasteiger partial charge is 0.330 e. The van der Waals surface area contributed by atoms with E-state index < -0.39 is 7.60 Å². The molecule has 0 aromatic heterocycles. The van der Waals surface area contributed by atoms with E-state index in [-0.39, 0.29) is 23.8 Å². The molecule has 7 nitrogen and oxygen atoms in total. The highest BCUT2D eigenvalue weighted by molar-refractivity contribution is 7.53. The zero-order valence-corrected chi connectivity index (χ0v) is 28.2. The van der Waals surface area contributed by atoms with Crippen molar-refractivity contribution in [2.45, 2.75) is 174 Å². The Kier molecular flexibility index (Phi) is 27.8. The number of unbranched alkanes of at least 4 members (excludes halogenated alkanes) is 18. The minimum atomic E-state index is -3.43. The topological polar surface area (TPSA) is 102 Å². The van der Waals surface area contributed by atoms with Crippen molar-refractivity contribution in [1.29, 1.82) is 0 Å². The van der Waals surface area contributed by atoms with Gasteiger partial charge >= 0.3 is 7.60 Å². The minimum absolute atomic E-state index is 0.181. The van der Waals surface area contributed by atoms with Gasteiger partial charge in [-0.15, -0.1) is 0 Å². The summed E-state index contributed by atoms with van der Waals surface area (Å²) in [6.45, 7) is 9.83. The van der Waals surface area contributed by atoms with Crippen molar-refractivity contribution in [2.24, 2.45) is 0 Å². The fourth-order valence-electron chi connectivity index (χ4n) is 4.67. The lowest BCUT2D eigenvalue weighted by atomic mass is 10.0. The maximum absolute atomic E-state index is 12.1. The van der Waals surface area contributed by atoms with Crippen LogP contribution < -0.4 is 5.32 Å². The molecular weight excluding hydrogens is 537 g/mol. The molecule has 1 atom stereocenters. The quantitative estimate of drug-likeness (QED) is 0.0449. The number of ether oxygens (including phenoxy) is 1. The number of hydrogen-bond acceptors (Lipinski definition) is 6. The largest absolute Gasteiger partial charge is 0.379 e. The van der Waals surface area contributed by atoms with E-state index in [1.807, 2.05) is 0 Å². The normalized spacial score (nSPS) is 13.2. The fourth-order valence-corrected chi connectivity index (χ4v) is 5.36. The van der Waals surface area contributed by atoms with Gasteiger partial charge in [-0.3, -0.25) is 14.2 Å². The summed E-state index contributed by atoms with van der Waals surface area (Å²) in [7, 11) is -3.43. The van der Waals surface area contributed by atoms with Crippen molar-refractivity contribution in [3.63, 3.8) is 0 Å². The molecule has 1 unspecified atom stereocenters. The van der Waals surface area contributed by atoms with E-state index in [4.69, 9.17) is 9.26 Å². The first-order chi connectivity index (χ1) is 19.7. The van der Waals surface area contributed by atoms with Gasteiger partial charge < -0.3 is 19.5 Å². The summed E-state index contributed by atoms with van der Waals surface area (Å²) < 4.78 is 22.4. The Bertz CT molecular complexity index is 670. The lowest BCUT2D eigenvalue weighted by Gasteiger charge is -2.15. The molecule has 0 amide bonds. The Balaban J connectivity index is 3.36. The van der Waals surface area contributed by atoms with E-state index in [0.29, 0.717) is 19.1 Å². The summed E-state index contributed by atoms with van der Waals surface area (Å²) in [6.07, 6.45) is 24.0. The van der Waals surface area contributed by atoms with Gasteiger partial charge in [0.2, 0.25) is 5.78 Å². The van der Waals surface area contributed by atoms with Crippen LogP contribution in [-0.4, -0.2) is 54.5 Å². The van der Waals surface area contributed by atoms with Crippen molar-refractivity contribution in [2.75, 3.05) is 26.3 Å². The number of rotatable bonds is 32. The van der Waals surface area contributed by atoms with Crippen molar-refractivity contribution >= 4 is 19.2 Å². The molecule has 0 heterocycles. The van der Waals surface area contributed by atoms with Crippen LogP contribution >= 0.6 is 7.60 Å². The Morgan fingerprint density at radius 1 is 0.610 bits per heavy atom. The molecule has 244 valence electrons. The Morgan fingerprint density at radius 2 is 1.02 bits per heavy atom. The maximum Gasteiger partial charge on any atom is 0.330 e. The van der Waals surface area contributed by atoms with Crippen LogP contribution in [0.15, 0.2) is 0 Å². The van der Waals surface area contributed by atoms with Gasteiger partial charge in [0.25, 0.3) is 0 Å². The van der Waals surface area contributed by atoms with Crippen LogP contribution in [0.5, 0.6) is 0 Å². The molecule has 0 aromatic carbocycles. The highest BCUT2D eigenvalue weighted by Crippen LogP contribution is 2.47. The second-order valence-electron chi connectivity index (χ2n) is 12.3. The summed E-state index contributed by atoms with van der Waals surface area (Å²) in [4.78, 5) is 33.7. The molecule has 41 heavy (non-hydrogen) atoms. The third kappa shape index (κ3) is 28.0. The maximum atomic E-state index is 12.1. The number of carbonyl (C=O) groups excluding carboxylic acids is 2. The molecule has 0 aliphatic rings. The predicted octanol–water partition coefficient (Wildman–Crippen LogP) is 8.94. The standard InChI is InChI=1S/C33H66NO6P/c1-30(2)39-27-23-19-15-11-7-5-6-10-14-18-22-26-34-29-33(36)32(35)25-21-17-13-9-8-12-16-20-24-28-40-41(37,38)31(3)4/h30-31,34H,5-29H2,1-4H3,(H,37,38). The first-order valence-corrected chi connectivity index (χ1v) is 18.7. The SMILES string of the molecule is CC(C)OCCCCCCCCCCCCCNCC(=O)C(=O)CCCCCCCCCCCOP(=O)(O)C(C)C. The number of ketones is 2. The molecule has 0 saturated carbocycles. The van der Waals surface area contributed by atoms with Crippen LogP contribution in [0, 0.1) is 0 Å². The number of hydrogen-bond donors (Lipinski definition) is 2. The number of carbonyl (C=O) groups is 2. The average Bonchev–Trinajstić information content (AvgIpc) is 2.92. The van der Waals surface area contributed by atoms with Crippen molar-refractivity contribution in [3.8, 4) is 0 Å². The molecule has 0 aliphatic heterocycles. The molecule has 0 spiro atoms. The molecule has 0 aliphatic carbocycles. The number of Topliss-reactive ketones (excluding diaryl/α,β-unsaturated/α-hetero) is 2. The summed E-state index contributed by atoms with van der Waals surface area (Å²) in [5.41, 5.74) is -0.348. The first kappa shape index (κ1) is 40.4. The fraction of sp³-hybridized carbons (Fsp3) is 0.939. The van der Waals surface area contributed by atoms with E-state index in [2.05, 4.69) is 19.2 Å². The highest BCUT2D eigenvalue weighted by Gasteiger charge is 2.23. The first-order valence-electron chi connectivity index (χ1n) is 17.0. The van der Waals surface area contributed by atoms with Crippen molar-refractivity contribution in [1.82, 2.24) is 5.32 Å². The van der Waals surface area contributed by atoms with E-state index >= 15 is 0 Å². The Morgan fingerprint density at radius 3 is 1.49 bits per heavy atom. The molecular formula is C33H66NO6P. The zero-order valence-electron chi connectivity index (χ0n) is 27.3. The lowest BCUT2D eigenvalue weighted by molar-refractivity contribution is -0.136. The van der Waals surface area contributed by atoms with Crippen molar-refractivity contribution < 1.29 is 28.3 Å². The molecule has 0 rings (SSSR count). The van der Waals surface area contributed by atoms with E-state index in [9.17, 15) is 19.0 Å². The van der Waals surface area contributed by atoms with Gasteiger partial charge in [0.1, 0.15) is 0 Å². The second-order valence-corrected chi connectivity index (χ2v) is 14.7. The third-order valence-electron chi connectivity index (χ3n) is 7.52. The van der Waals surface area contributed by atoms with Crippen molar-refractivity contribution in [3.05, 3.63) is 0 Å². The van der Waals surface area contributed by atoms with Crippen LogP contribution in [0.1, 0.15) is 163 Å². The summed E-state index contributed by atoms with van der Waals surface area (Å²) in [6, 6.07) is 0. The van der Waals surface area contributed by atoms with Gasteiger partial charge in [-0.2, -0.15) is 0 Å². The average molecular weight is 604 g/mol. The van der Waals surface area contributed by atoms with Crippen LogP contribution in [0.25, 0.3) is 0 Å². The third-order valence-corrected chi connectivity index (χ3v) is 9.38. The van der Waals surface area contributed by atoms with Crippen LogP contribution in [-0.2, 0) is 23.4 Å². The minimum Gasteiger partial charge on any atom is -0.379 e. The summed E-state index contributed by atoms with van der Waals surface area (Å²) >= 11 is 0. The van der Waals surface area contributed by atoms with Gasteiger partial charge in [-0.25, -0.2) is 0 Å². The Labute approximate surface area is 253 Å². The molecule has 0 aromatic rings. The van der Waals surface area contributed by atoms with Gasteiger partial charge in [-0.1, -0.05) is 117 Å². The van der Waals surface area contributed by atoms with Crippen LogP contribution in [0.2, 0.25) is 0 Å². The van der Waals surface area contributed by atoms with Gasteiger partial charge in [0, 0.05) is 13.0 Å². The summed E-state index contributed by atoms with van der Waals surface area (Å²) in [5.74, 6) is -0.499. The highest BCUT2D eigenvalue weighted by atomic mass is 31.2. The lowest BCUT2D eigenvalue weighted by Crippen LogP contribution is -2.29. The second kappa shape index (κ2) is 28.2. The van der Waals surface area contributed by atoms with E-state index in [1.165, 1.54) is 64.2 Å². The molecule has 0 radical (unpaired) electrons. The van der Waals surface area contributed by atoms with Gasteiger partial charge in [0.15, 0.2) is 5.78 Å². The number of nitrogens with one attached hydrogen (secondary N) is 1. The molecule has 0 fully saturated rings. The van der Waals surface area contributed by atoms with Gasteiger partial charge in [0.05, 0.1) is 24.9 Å². The predicted molar refractivity (Wildman–Crippen MR) is 172 cm³/mol. The van der Waals surface area contributed by atoms with E-state index in [0.717, 1.165) is 77.4 Å². The van der Waals surface area contributed by atoms with Crippen LogP contribution in [0.4, 0.5) is 0 Å². The zero-order chi connectivity index (χ0) is 30.6. The summed E-state index contributed by atoms with van der Waals surface area (Å²) in [5, 5.41) is 3.15. The molecule has 0 saturated heterocycles. The van der Waals surface area contributed by atoms with Crippen LogP contribution in [0.3, 0.4) is 0 Å². The molecule has 2 N–H and O–H groups in total. The van der Waals surface area contributed by atoms with E-state index in [1.54, 1.807) is 13.8 Å². The molecule has 0 bridgehead atoms. The Hall–Kier alpha value is -0.590. The monoisotopic (exact) mass is 603 g/mol. The molecule has 8 heteroatoms. The van der Waals surface area contributed by atoms with Gasteiger partial charge in [-0.05, 0) is 46.1 Å².